The van der Waals surface area contributed by atoms with E-state index >= 15 is 0 Å². The molecule has 2 aliphatic heterocycles. The van der Waals surface area contributed by atoms with E-state index in [0.29, 0.717) is 17.6 Å². The molecule has 6 heteroatoms. The molecule has 3 aliphatic rings. The van der Waals surface area contributed by atoms with Gasteiger partial charge in [0.1, 0.15) is 12.2 Å². The van der Waals surface area contributed by atoms with Crippen LogP contribution in [0.5, 0.6) is 0 Å². The van der Waals surface area contributed by atoms with Crippen LogP contribution in [0.4, 0.5) is 0 Å². The van der Waals surface area contributed by atoms with Gasteiger partial charge in [0.2, 0.25) is 0 Å². The predicted octanol–water partition coefficient (Wildman–Crippen LogP) is 3.00. The van der Waals surface area contributed by atoms with Crippen molar-refractivity contribution in [1.29, 1.82) is 0 Å². The van der Waals surface area contributed by atoms with Crippen molar-refractivity contribution >= 4 is 11.9 Å². The Kier molecular flexibility index (Phi) is 5.97. The fourth-order valence-electron chi connectivity index (χ4n) is 3.64. The number of carbonyl (C=O) groups excluding carboxylic acids is 2. The third kappa shape index (κ3) is 4.39. The lowest BCUT2D eigenvalue weighted by atomic mass is 9.85. The largest absolute Gasteiger partial charge is 0.458 e. The Morgan fingerprint density at radius 3 is 2.74 bits per heavy atom. The molecule has 0 radical (unpaired) electrons. The van der Waals surface area contributed by atoms with Gasteiger partial charge in [-0.15, -0.1) is 0 Å². The van der Waals surface area contributed by atoms with Crippen LogP contribution in [0.15, 0.2) is 47.1 Å². The lowest BCUT2D eigenvalue weighted by molar-refractivity contribution is -0.147. The molecular formula is C21H26O6. The predicted molar refractivity (Wildman–Crippen MR) is 98.6 cm³/mol. The summed E-state index contributed by atoms with van der Waals surface area (Å²) in [6.45, 7) is 8.07. The van der Waals surface area contributed by atoms with Gasteiger partial charge in [0.15, 0.2) is 6.29 Å². The van der Waals surface area contributed by atoms with E-state index in [1.54, 1.807) is 6.08 Å². The van der Waals surface area contributed by atoms with Crippen LogP contribution in [0.2, 0.25) is 0 Å². The smallest absolute Gasteiger partial charge is 0.336 e. The van der Waals surface area contributed by atoms with E-state index in [9.17, 15) is 9.59 Å². The second-order valence-corrected chi connectivity index (χ2v) is 7.28. The third-order valence-corrected chi connectivity index (χ3v) is 5.16. The normalized spacial score (nSPS) is 31.4. The SMILES string of the molecule is C=C1C(=O)OC2C=C(C)CCC=C(C)CC(OC(=O)C3=CC(OC)OC3)C12. The Morgan fingerprint density at radius 2 is 2.04 bits per heavy atom. The summed E-state index contributed by atoms with van der Waals surface area (Å²) in [5, 5.41) is 0. The number of methoxy groups -OCH3 is 1. The van der Waals surface area contributed by atoms with E-state index in [4.69, 9.17) is 18.9 Å². The molecule has 1 aliphatic carbocycles. The van der Waals surface area contributed by atoms with Gasteiger partial charge in [-0.25, -0.2) is 9.59 Å². The summed E-state index contributed by atoms with van der Waals surface area (Å²) in [5.41, 5.74) is 3.01. The topological polar surface area (TPSA) is 71.1 Å². The van der Waals surface area contributed by atoms with Crippen LogP contribution in [0.3, 0.4) is 0 Å². The molecule has 2 heterocycles. The van der Waals surface area contributed by atoms with Gasteiger partial charge in [-0.2, -0.15) is 0 Å². The molecule has 0 amide bonds. The molecule has 0 N–H and O–H groups in total. The van der Waals surface area contributed by atoms with Crippen molar-refractivity contribution in [3.05, 3.63) is 47.1 Å². The minimum Gasteiger partial charge on any atom is -0.458 e. The molecule has 0 aromatic rings. The van der Waals surface area contributed by atoms with Gasteiger partial charge in [0.05, 0.1) is 18.1 Å². The van der Waals surface area contributed by atoms with Gasteiger partial charge in [-0.3, -0.25) is 0 Å². The molecule has 0 spiro atoms. The van der Waals surface area contributed by atoms with Gasteiger partial charge >= 0.3 is 11.9 Å². The number of esters is 2. The van der Waals surface area contributed by atoms with Gasteiger partial charge in [-0.1, -0.05) is 23.8 Å². The third-order valence-electron chi connectivity index (χ3n) is 5.16. The molecule has 1 fully saturated rings. The average molecular weight is 374 g/mol. The van der Waals surface area contributed by atoms with Crippen molar-refractivity contribution in [2.45, 2.75) is 51.6 Å². The Hall–Kier alpha value is -2.18. The van der Waals surface area contributed by atoms with Crippen LogP contribution >= 0.6 is 0 Å². The van der Waals surface area contributed by atoms with Crippen LogP contribution in [0.25, 0.3) is 0 Å². The first-order valence-corrected chi connectivity index (χ1v) is 9.17. The van der Waals surface area contributed by atoms with Crippen LogP contribution in [0.1, 0.15) is 33.1 Å². The van der Waals surface area contributed by atoms with Gasteiger partial charge in [-0.05, 0) is 38.8 Å². The summed E-state index contributed by atoms with van der Waals surface area (Å²) in [4.78, 5) is 24.8. The van der Waals surface area contributed by atoms with E-state index < -0.39 is 36.4 Å². The van der Waals surface area contributed by atoms with Crippen LogP contribution in [-0.4, -0.2) is 44.2 Å². The zero-order chi connectivity index (χ0) is 19.6. The lowest BCUT2D eigenvalue weighted by Gasteiger charge is -2.27. The number of allylic oxidation sites excluding steroid dienone is 2. The summed E-state index contributed by atoms with van der Waals surface area (Å²) >= 11 is 0. The summed E-state index contributed by atoms with van der Waals surface area (Å²) in [6.07, 6.45) is 6.49. The van der Waals surface area contributed by atoms with E-state index in [-0.39, 0.29) is 6.61 Å². The Bertz CT molecular complexity index is 729. The first-order chi connectivity index (χ1) is 12.9. The first-order valence-electron chi connectivity index (χ1n) is 9.17. The molecule has 1 saturated heterocycles. The number of hydrogen-bond donors (Lipinski definition) is 0. The Morgan fingerprint density at radius 1 is 1.26 bits per heavy atom. The van der Waals surface area contributed by atoms with Gasteiger partial charge in [0, 0.05) is 19.1 Å². The minimum atomic E-state index is -0.539. The lowest BCUT2D eigenvalue weighted by Crippen LogP contribution is -2.34. The summed E-state index contributed by atoms with van der Waals surface area (Å²) < 4.78 is 21.7. The van der Waals surface area contributed by atoms with Crippen molar-refractivity contribution < 1.29 is 28.5 Å². The monoisotopic (exact) mass is 374 g/mol. The second-order valence-electron chi connectivity index (χ2n) is 7.28. The maximum atomic E-state index is 12.7. The fourth-order valence-corrected chi connectivity index (χ4v) is 3.64. The van der Waals surface area contributed by atoms with Crippen LogP contribution in [-0.2, 0) is 28.5 Å². The van der Waals surface area contributed by atoms with E-state index in [1.165, 1.54) is 7.11 Å². The maximum absolute atomic E-state index is 12.7. The number of rotatable bonds is 3. The van der Waals surface area contributed by atoms with E-state index in [0.717, 1.165) is 24.0 Å². The highest BCUT2D eigenvalue weighted by Gasteiger charge is 2.44. The van der Waals surface area contributed by atoms with Crippen molar-refractivity contribution in [3.8, 4) is 0 Å². The molecule has 146 valence electrons. The Labute approximate surface area is 159 Å². The van der Waals surface area contributed by atoms with Crippen LogP contribution < -0.4 is 0 Å². The molecule has 0 bridgehead atoms. The fraction of sp³-hybridized carbons (Fsp3) is 0.524. The summed E-state index contributed by atoms with van der Waals surface area (Å²) in [7, 11) is 1.51. The molecule has 0 saturated carbocycles. The average Bonchev–Trinajstić information content (AvgIpc) is 3.19. The number of hydrogen-bond acceptors (Lipinski definition) is 6. The molecule has 4 atom stereocenters. The molecule has 3 rings (SSSR count). The molecular weight excluding hydrogens is 348 g/mol. The zero-order valence-electron chi connectivity index (χ0n) is 16.0. The Balaban J connectivity index is 1.87. The highest BCUT2D eigenvalue weighted by molar-refractivity contribution is 5.92. The summed E-state index contributed by atoms with van der Waals surface area (Å²) in [5.74, 6) is -1.30. The van der Waals surface area contributed by atoms with Crippen molar-refractivity contribution in [3.63, 3.8) is 0 Å². The highest BCUT2D eigenvalue weighted by atomic mass is 16.7. The van der Waals surface area contributed by atoms with Crippen molar-refractivity contribution in [2.24, 2.45) is 5.92 Å². The van der Waals surface area contributed by atoms with Gasteiger partial charge in [0.25, 0.3) is 0 Å². The number of fused-ring (bicyclic) bond motifs is 1. The number of carbonyl (C=O) groups is 2. The van der Waals surface area contributed by atoms with Crippen molar-refractivity contribution in [1.82, 2.24) is 0 Å². The molecule has 27 heavy (non-hydrogen) atoms. The van der Waals surface area contributed by atoms with Gasteiger partial charge < -0.3 is 18.9 Å². The zero-order valence-corrected chi connectivity index (χ0v) is 16.0. The van der Waals surface area contributed by atoms with E-state index in [1.807, 2.05) is 19.9 Å². The molecule has 0 aromatic heterocycles. The molecule has 4 unspecified atom stereocenters. The van der Waals surface area contributed by atoms with Crippen molar-refractivity contribution in [2.75, 3.05) is 13.7 Å². The number of ether oxygens (including phenoxy) is 4. The second kappa shape index (κ2) is 8.23. The first kappa shape index (κ1) is 19.6. The maximum Gasteiger partial charge on any atom is 0.336 e. The summed E-state index contributed by atoms with van der Waals surface area (Å²) in [6, 6.07) is 0. The molecule has 6 nitrogen and oxygen atoms in total. The highest BCUT2D eigenvalue weighted by Crippen LogP contribution is 2.36. The van der Waals surface area contributed by atoms with E-state index in [2.05, 4.69) is 12.7 Å². The minimum absolute atomic E-state index is 0.141. The standard InChI is InChI=1S/C21H26O6/c1-12-6-5-7-13(2)9-17(19-14(3)20(22)26-16(19)8-12)27-21(23)15-10-18(24-4)25-11-15/h7-8,10,16-19H,3,5-6,9,11H2,1-2,4H3. The molecule has 0 aromatic carbocycles. The quantitative estimate of drug-likeness (QED) is 0.430. The van der Waals surface area contributed by atoms with Crippen LogP contribution in [0, 0.1) is 5.92 Å².